The van der Waals surface area contributed by atoms with Crippen molar-refractivity contribution >= 4 is 11.9 Å². The molecule has 3 amide bonds. The molecule has 2 aliphatic rings. The highest BCUT2D eigenvalue weighted by atomic mass is 16.2. The molecule has 2 fully saturated rings. The molecule has 0 spiro atoms. The summed E-state index contributed by atoms with van der Waals surface area (Å²) in [5, 5.41) is 8.36. The lowest BCUT2D eigenvalue weighted by atomic mass is 10.0. The van der Waals surface area contributed by atoms with Gasteiger partial charge in [0.2, 0.25) is 5.91 Å². The molecule has 2 atom stereocenters. The van der Waals surface area contributed by atoms with Gasteiger partial charge in [0.25, 0.3) is 0 Å². The van der Waals surface area contributed by atoms with Crippen LogP contribution in [0.3, 0.4) is 0 Å². The number of nitrogens with zero attached hydrogens (tertiary/aromatic N) is 1. The smallest absolute Gasteiger partial charge is 0.321 e. The molecule has 2 heterocycles. The predicted molar refractivity (Wildman–Crippen MR) is 68.1 cm³/mol. The second-order valence-electron chi connectivity index (χ2n) is 5.55. The number of amides is 3. The lowest BCUT2D eigenvalue weighted by Crippen LogP contribution is -2.46. The van der Waals surface area contributed by atoms with Crippen molar-refractivity contribution in [2.45, 2.75) is 19.9 Å². The lowest BCUT2D eigenvalue weighted by Gasteiger charge is -2.16. The van der Waals surface area contributed by atoms with Crippen molar-refractivity contribution in [2.75, 3.05) is 32.7 Å². The average Bonchev–Trinajstić information content (AvgIpc) is 2.74. The van der Waals surface area contributed by atoms with E-state index in [9.17, 15) is 9.59 Å². The topological polar surface area (TPSA) is 73.5 Å². The number of carbonyl (C=O) groups excluding carboxylic acids is 2. The third kappa shape index (κ3) is 3.43. The van der Waals surface area contributed by atoms with E-state index in [1.807, 2.05) is 13.8 Å². The molecule has 0 aromatic carbocycles. The van der Waals surface area contributed by atoms with Crippen LogP contribution in [0.5, 0.6) is 0 Å². The molecule has 2 aliphatic heterocycles. The Hall–Kier alpha value is -1.14. The Bertz CT molecular complexity index is 320. The van der Waals surface area contributed by atoms with Gasteiger partial charge in [0.05, 0.1) is 6.54 Å². The van der Waals surface area contributed by atoms with Crippen LogP contribution in [0.15, 0.2) is 0 Å². The van der Waals surface area contributed by atoms with Crippen molar-refractivity contribution in [3.8, 4) is 0 Å². The van der Waals surface area contributed by atoms with Gasteiger partial charge >= 0.3 is 6.03 Å². The zero-order chi connectivity index (χ0) is 13.1. The Morgan fingerprint density at radius 3 is 2.44 bits per heavy atom. The van der Waals surface area contributed by atoms with Gasteiger partial charge < -0.3 is 10.6 Å². The summed E-state index contributed by atoms with van der Waals surface area (Å²) in [6.45, 7) is 8.05. The summed E-state index contributed by atoms with van der Waals surface area (Å²) in [7, 11) is 0. The van der Waals surface area contributed by atoms with E-state index in [0.717, 1.165) is 26.2 Å². The predicted octanol–water partition coefficient (Wildman–Crippen LogP) is -0.628. The summed E-state index contributed by atoms with van der Waals surface area (Å²) in [5.41, 5.74) is 0. The zero-order valence-corrected chi connectivity index (χ0v) is 11.0. The van der Waals surface area contributed by atoms with Crippen LogP contribution in [0, 0.1) is 11.8 Å². The fraction of sp³-hybridized carbons (Fsp3) is 0.833. The van der Waals surface area contributed by atoms with Crippen LogP contribution >= 0.6 is 0 Å². The van der Waals surface area contributed by atoms with E-state index in [2.05, 4.69) is 20.9 Å². The quantitative estimate of drug-likeness (QED) is 0.627. The van der Waals surface area contributed by atoms with Crippen LogP contribution in [0.25, 0.3) is 0 Å². The zero-order valence-electron chi connectivity index (χ0n) is 11.0. The molecular weight excluding hydrogens is 232 g/mol. The SMILES string of the molecule is CC(C)NC(=O)NC(=O)CN1CC2CNCC2C1. The lowest BCUT2D eigenvalue weighted by molar-refractivity contribution is -0.121. The molecule has 18 heavy (non-hydrogen) atoms. The van der Waals surface area contributed by atoms with E-state index < -0.39 is 6.03 Å². The summed E-state index contributed by atoms with van der Waals surface area (Å²) < 4.78 is 0. The first kappa shape index (κ1) is 13.3. The molecule has 0 radical (unpaired) electrons. The van der Waals surface area contributed by atoms with Gasteiger partial charge in [0.15, 0.2) is 0 Å². The average molecular weight is 254 g/mol. The molecule has 0 aromatic heterocycles. The van der Waals surface area contributed by atoms with Gasteiger partial charge in [-0.1, -0.05) is 0 Å². The molecular formula is C12H22N4O2. The maximum absolute atomic E-state index is 11.7. The fourth-order valence-corrected chi connectivity index (χ4v) is 2.75. The minimum absolute atomic E-state index is 0.0371. The number of imide groups is 1. The molecule has 2 rings (SSSR count). The first-order chi connectivity index (χ1) is 8.54. The van der Waals surface area contributed by atoms with Gasteiger partial charge in [0, 0.05) is 19.1 Å². The van der Waals surface area contributed by atoms with Crippen molar-refractivity contribution in [1.82, 2.24) is 20.9 Å². The van der Waals surface area contributed by atoms with Crippen molar-refractivity contribution in [2.24, 2.45) is 11.8 Å². The molecule has 0 bridgehead atoms. The second-order valence-corrected chi connectivity index (χ2v) is 5.55. The summed E-state index contributed by atoms with van der Waals surface area (Å²) in [5.74, 6) is 1.12. The Balaban J connectivity index is 1.70. The Labute approximate surface area is 107 Å². The normalized spacial score (nSPS) is 27.3. The van der Waals surface area contributed by atoms with Crippen LogP contribution in [-0.4, -0.2) is 55.6 Å². The van der Waals surface area contributed by atoms with Crippen molar-refractivity contribution in [3.63, 3.8) is 0 Å². The maximum atomic E-state index is 11.7. The van der Waals surface area contributed by atoms with E-state index in [-0.39, 0.29) is 11.9 Å². The number of hydrogen-bond donors (Lipinski definition) is 3. The van der Waals surface area contributed by atoms with Gasteiger partial charge in [-0.3, -0.25) is 15.0 Å². The van der Waals surface area contributed by atoms with E-state index in [0.29, 0.717) is 18.4 Å². The van der Waals surface area contributed by atoms with E-state index in [4.69, 9.17) is 0 Å². The Morgan fingerprint density at radius 1 is 1.28 bits per heavy atom. The molecule has 0 aromatic rings. The first-order valence-electron chi connectivity index (χ1n) is 6.58. The number of carbonyl (C=O) groups is 2. The third-order valence-electron chi connectivity index (χ3n) is 3.51. The highest BCUT2D eigenvalue weighted by Crippen LogP contribution is 2.25. The van der Waals surface area contributed by atoms with Gasteiger partial charge in [-0.2, -0.15) is 0 Å². The highest BCUT2D eigenvalue weighted by molar-refractivity contribution is 5.95. The Morgan fingerprint density at radius 2 is 1.89 bits per heavy atom. The van der Waals surface area contributed by atoms with Crippen LogP contribution in [-0.2, 0) is 4.79 Å². The Kier molecular flexibility index (Phi) is 4.19. The van der Waals surface area contributed by atoms with Crippen LogP contribution in [0.4, 0.5) is 4.79 Å². The number of likely N-dealkylation sites (tertiary alicyclic amines) is 1. The van der Waals surface area contributed by atoms with Crippen LogP contribution in [0.2, 0.25) is 0 Å². The van der Waals surface area contributed by atoms with E-state index in [1.54, 1.807) is 0 Å². The van der Waals surface area contributed by atoms with Crippen molar-refractivity contribution < 1.29 is 9.59 Å². The van der Waals surface area contributed by atoms with E-state index in [1.165, 1.54) is 0 Å². The molecule has 102 valence electrons. The molecule has 0 aliphatic carbocycles. The largest absolute Gasteiger partial charge is 0.336 e. The number of fused-ring (bicyclic) bond motifs is 1. The highest BCUT2D eigenvalue weighted by Gasteiger charge is 2.36. The summed E-state index contributed by atoms with van der Waals surface area (Å²) in [4.78, 5) is 25.2. The monoisotopic (exact) mass is 254 g/mol. The molecule has 3 N–H and O–H groups in total. The summed E-state index contributed by atoms with van der Waals surface area (Å²) in [6.07, 6.45) is 0. The number of hydrogen-bond acceptors (Lipinski definition) is 4. The van der Waals surface area contributed by atoms with Crippen molar-refractivity contribution in [1.29, 1.82) is 0 Å². The minimum Gasteiger partial charge on any atom is -0.336 e. The van der Waals surface area contributed by atoms with Gasteiger partial charge in [-0.05, 0) is 38.8 Å². The van der Waals surface area contributed by atoms with Crippen LogP contribution < -0.4 is 16.0 Å². The number of rotatable bonds is 3. The summed E-state index contributed by atoms with van der Waals surface area (Å²) >= 11 is 0. The summed E-state index contributed by atoms with van der Waals surface area (Å²) in [6, 6.07) is -0.369. The van der Waals surface area contributed by atoms with Gasteiger partial charge in [0.1, 0.15) is 0 Å². The van der Waals surface area contributed by atoms with Gasteiger partial charge in [-0.25, -0.2) is 4.79 Å². The fourth-order valence-electron chi connectivity index (χ4n) is 2.75. The standard InChI is InChI=1S/C12H22N4O2/c1-8(2)14-12(18)15-11(17)7-16-5-9-3-13-4-10(9)6-16/h8-10,13H,3-7H2,1-2H3,(H2,14,15,17,18). The van der Waals surface area contributed by atoms with Crippen LogP contribution in [0.1, 0.15) is 13.8 Å². The second kappa shape index (κ2) is 5.67. The van der Waals surface area contributed by atoms with Crippen molar-refractivity contribution in [3.05, 3.63) is 0 Å². The first-order valence-corrected chi connectivity index (χ1v) is 6.58. The van der Waals surface area contributed by atoms with E-state index >= 15 is 0 Å². The maximum Gasteiger partial charge on any atom is 0.321 e. The molecule has 6 heteroatoms. The number of urea groups is 1. The molecule has 2 unspecified atom stereocenters. The molecule has 6 nitrogen and oxygen atoms in total. The van der Waals surface area contributed by atoms with Gasteiger partial charge in [-0.15, -0.1) is 0 Å². The molecule has 2 saturated heterocycles. The minimum atomic E-state index is -0.406. The molecule has 0 saturated carbocycles. The third-order valence-corrected chi connectivity index (χ3v) is 3.51. The number of nitrogens with one attached hydrogen (secondary N) is 3.